The molecule has 0 bridgehead atoms. The molecule has 0 aliphatic rings. The Morgan fingerprint density at radius 2 is 2.21 bits per heavy atom. The van der Waals surface area contributed by atoms with Gasteiger partial charge in [-0.25, -0.2) is 4.98 Å². The van der Waals surface area contributed by atoms with Crippen molar-refractivity contribution in [2.75, 3.05) is 11.6 Å². The highest BCUT2D eigenvalue weighted by Gasteiger charge is 2.07. The summed E-state index contributed by atoms with van der Waals surface area (Å²) < 4.78 is 1.22. The third-order valence-electron chi connectivity index (χ3n) is 2.77. The molecule has 0 saturated heterocycles. The summed E-state index contributed by atoms with van der Waals surface area (Å²) >= 11 is 3.42. The molecule has 0 saturated carbocycles. The van der Waals surface area contributed by atoms with Gasteiger partial charge in [-0.05, 0) is 30.0 Å². The number of hydrogen-bond donors (Lipinski definition) is 1. The molecule has 3 aromatic rings. The number of nitrogens with one attached hydrogen (secondary N) is 1. The van der Waals surface area contributed by atoms with Crippen LogP contribution in [0.15, 0.2) is 47.6 Å². The van der Waals surface area contributed by atoms with Gasteiger partial charge in [0.2, 0.25) is 0 Å². The van der Waals surface area contributed by atoms with Crippen molar-refractivity contribution in [3.63, 3.8) is 0 Å². The topological polar surface area (TPSA) is 37.8 Å². The SMILES string of the molecule is CSc1cccc2sc(NCc3cccnc3)nc12. The fourth-order valence-corrected chi connectivity index (χ4v) is 3.36. The third kappa shape index (κ3) is 2.72. The molecule has 1 N–H and O–H groups in total. The summed E-state index contributed by atoms with van der Waals surface area (Å²) in [7, 11) is 0. The largest absolute Gasteiger partial charge is 0.357 e. The maximum Gasteiger partial charge on any atom is 0.184 e. The number of anilines is 1. The van der Waals surface area contributed by atoms with Gasteiger partial charge in [0.1, 0.15) is 0 Å². The quantitative estimate of drug-likeness (QED) is 0.735. The zero-order valence-electron chi connectivity index (χ0n) is 10.5. The van der Waals surface area contributed by atoms with Crippen LogP contribution in [0.25, 0.3) is 10.2 Å². The van der Waals surface area contributed by atoms with Crippen LogP contribution in [0.5, 0.6) is 0 Å². The average Bonchev–Trinajstić information content (AvgIpc) is 2.89. The van der Waals surface area contributed by atoms with E-state index in [1.165, 1.54) is 9.60 Å². The van der Waals surface area contributed by atoms with Crippen molar-refractivity contribution >= 4 is 38.4 Å². The normalized spacial score (nSPS) is 10.8. The number of rotatable bonds is 4. The third-order valence-corrected chi connectivity index (χ3v) is 4.52. The standard InChI is InChI=1S/C14H13N3S2/c1-18-11-5-2-6-12-13(11)17-14(19-12)16-9-10-4-3-7-15-8-10/h2-8H,9H2,1H3,(H,16,17). The smallest absolute Gasteiger partial charge is 0.184 e. The van der Waals surface area contributed by atoms with Crippen molar-refractivity contribution in [3.05, 3.63) is 48.3 Å². The van der Waals surface area contributed by atoms with E-state index in [9.17, 15) is 0 Å². The van der Waals surface area contributed by atoms with Gasteiger partial charge in [-0.15, -0.1) is 11.8 Å². The van der Waals surface area contributed by atoms with E-state index in [0.717, 1.165) is 22.8 Å². The number of benzene rings is 1. The van der Waals surface area contributed by atoms with Crippen LogP contribution in [0.3, 0.4) is 0 Å². The zero-order valence-corrected chi connectivity index (χ0v) is 12.1. The molecule has 0 aliphatic carbocycles. The van der Waals surface area contributed by atoms with Crippen LogP contribution in [0.4, 0.5) is 5.13 Å². The lowest BCUT2D eigenvalue weighted by Gasteiger charge is -2.01. The minimum absolute atomic E-state index is 0.752. The Morgan fingerprint density at radius 3 is 3.00 bits per heavy atom. The number of fused-ring (bicyclic) bond motifs is 1. The second-order valence-electron chi connectivity index (χ2n) is 4.04. The van der Waals surface area contributed by atoms with Crippen molar-refractivity contribution in [1.29, 1.82) is 0 Å². The Labute approximate surface area is 120 Å². The molecule has 3 rings (SSSR count). The van der Waals surface area contributed by atoms with Gasteiger partial charge in [0.25, 0.3) is 0 Å². The number of nitrogens with zero attached hydrogens (tertiary/aromatic N) is 2. The number of pyridine rings is 1. The van der Waals surface area contributed by atoms with Gasteiger partial charge in [-0.3, -0.25) is 4.98 Å². The fourth-order valence-electron chi connectivity index (χ4n) is 1.84. The van der Waals surface area contributed by atoms with Crippen molar-refractivity contribution in [2.45, 2.75) is 11.4 Å². The van der Waals surface area contributed by atoms with Crippen LogP contribution >= 0.6 is 23.1 Å². The molecule has 0 unspecified atom stereocenters. The molecule has 19 heavy (non-hydrogen) atoms. The van der Waals surface area contributed by atoms with E-state index in [1.54, 1.807) is 29.3 Å². The van der Waals surface area contributed by atoms with E-state index in [1.807, 2.05) is 12.3 Å². The lowest BCUT2D eigenvalue weighted by atomic mass is 10.3. The molecule has 0 radical (unpaired) electrons. The maximum absolute atomic E-state index is 4.66. The Kier molecular flexibility index (Phi) is 3.66. The minimum atomic E-state index is 0.752. The first-order valence-electron chi connectivity index (χ1n) is 5.93. The van der Waals surface area contributed by atoms with Gasteiger partial charge < -0.3 is 5.32 Å². The number of aromatic nitrogens is 2. The van der Waals surface area contributed by atoms with Crippen LogP contribution < -0.4 is 5.32 Å². The summed E-state index contributed by atoms with van der Waals surface area (Å²) in [6, 6.07) is 10.3. The molecule has 0 fully saturated rings. The summed E-state index contributed by atoms with van der Waals surface area (Å²) in [5.41, 5.74) is 2.25. The highest BCUT2D eigenvalue weighted by Crippen LogP contribution is 2.32. The van der Waals surface area contributed by atoms with E-state index in [0.29, 0.717) is 0 Å². The number of thiazole rings is 1. The van der Waals surface area contributed by atoms with E-state index in [4.69, 9.17) is 0 Å². The van der Waals surface area contributed by atoms with Gasteiger partial charge in [-0.2, -0.15) is 0 Å². The van der Waals surface area contributed by atoms with Gasteiger partial charge in [0, 0.05) is 23.8 Å². The number of para-hydroxylation sites is 1. The van der Waals surface area contributed by atoms with Crippen LogP contribution in [-0.4, -0.2) is 16.2 Å². The lowest BCUT2D eigenvalue weighted by Crippen LogP contribution is -1.98. The Hall–Kier alpha value is -1.59. The summed E-state index contributed by atoms with van der Waals surface area (Å²) in [5.74, 6) is 0. The molecule has 0 spiro atoms. The summed E-state index contributed by atoms with van der Waals surface area (Å²) in [6.45, 7) is 0.752. The molecule has 2 heterocycles. The Balaban J connectivity index is 1.82. The molecular weight excluding hydrogens is 274 g/mol. The molecule has 3 nitrogen and oxygen atoms in total. The van der Waals surface area contributed by atoms with E-state index >= 15 is 0 Å². The van der Waals surface area contributed by atoms with Crippen molar-refractivity contribution in [2.24, 2.45) is 0 Å². The van der Waals surface area contributed by atoms with Gasteiger partial charge in [0.05, 0.1) is 10.2 Å². The summed E-state index contributed by atoms with van der Waals surface area (Å²) in [6.07, 6.45) is 5.73. The molecule has 5 heteroatoms. The van der Waals surface area contributed by atoms with Crippen LogP contribution in [0.1, 0.15) is 5.56 Å². The zero-order chi connectivity index (χ0) is 13.1. The second kappa shape index (κ2) is 5.59. The minimum Gasteiger partial charge on any atom is -0.357 e. The Morgan fingerprint density at radius 1 is 1.26 bits per heavy atom. The van der Waals surface area contributed by atoms with Gasteiger partial charge in [-0.1, -0.05) is 23.5 Å². The summed E-state index contributed by atoms with van der Waals surface area (Å²) in [4.78, 5) is 10.00. The maximum atomic E-state index is 4.66. The number of hydrogen-bond acceptors (Lipinski definition) is 5. The Bertz CT molecular complexity index is 679. The highest BCUT2D eigenvalue weighted by molar-refractivity contribution is 7.98. The molecule has 96 valence electrons. The van der Waals surface area contributed by atoms with Gasteiger partial charge >= 0.3 is 0 Å². The molecule has 0 aliphatic heterocycles. The average molecular weight is 287 g/mol. The predicted molar refractivity (Wildman–Crippen MR) is 83.0 cm³/mol. The van der Waals surface area contributed by atoms with Crippen molar-refractivity contribution in [3.8, 4) is 0 Å². The highest BCUT2D eigenvalue weighted by atomic mass is 32.2. The first kappa shape index (κ1) is 12.4. The molecule has 0 atom stereocenters. The summed E-state index contributed by atoms with van der Waals surface area (Å²) in [5, 5.41) is 4.32. The van der Waals surface area contributed by atoms with E-state index in [-0.39, 0.29) is 0 Å². The van der Waals surface area contributed by atoms with E-state index in [2.05, 4.69) is 45.8 Å². The molecule has 1 aromatic carbocycles. The molecular formula is C14H13N3S2. The van der Waals surface area contributed by atoms with Crippen LogP contribution in [0, 0.1) is 0 Å². The van der Waals surface area contributed by atoms with Crippen LogP contribution in [0.2, 0.25) is 0 Å². The molecule has 0 amide bonds. The number of thioether (sulfide) groups is 1. The predicted octanol–water partition coefficient (Wildman–Crippen LogP) is 4.03. The van der Waals surface area contributed by atoms with Gasteiger partial charge in [0.15, 0.2) is 5.13 Å². The molecule has 2 aromatic heterocycles. The van der Waals surface area contributed by atoms with Crippen molar-refractivity contribution < 1.29 is 0 Å². The lowest BCUT2D eigenvalue weighted by molar-refractivity contribution is 1.11. The first-order valence-corrected chi connectivity index (χ1v) is 7.97. The monoisotopic (exact) mass is 287 g/mol. The van der Waals surface area contributed by atoms with Crippen LogP contribution in [-0.2, 0) is 6.54 Å². The first-order chi connectivity index (χ1) is 9.36. The van der Waals surface area contributed by atoms with E-state index < -0.39 is 0 Å². The van der Waals surface area contributed by atoms with Crippen molar-refractivity contribution in [1.82, 2.24) is 9.97 Å². The second-order valence-corrected chi connectivity index (χ2v) is 5.92. The fraction of sp³-hybridized carbons (Fsp3) is 0.143.